The highest BCUT2D eigenvalue weighted by Gasteiger charge is 1.95. The van der Waals surface area contributed by atoms with Gasteiger partial charge in [0.15, 0.2) is 5.69 Å². The van der Waals surface area contributed by atoms with Crippen LogP contribution < -0.4 is 5.17 Å². The maximum atomic E-state index is 10.7. The minimum absolute atomic E-state index is 0.456. The Bertz CT molecular complexity index is 211. The topological polar surface area (TPSA) is 63.7 Å². The number of nitrogens with zero attached hydrogens (tertiary/aromatic N) is 1. The average molecular weight is 137 g/mol. The fraction of sp³-hybridized carbons (Fsp3) is 0. The summed E-state index contributed by atoms with van der Waals surface area (Å²) in [5.74, 6) is 0. The van der Waals surface area contributed by atoms with Crippen LogP contribution in [0.3, 0.4) is 0 Å². The van der Waals surface area contributed by atoms with Gasteiger partial charge in [0.05, 0.1) is 0 Å². The first-order valence-corrected chi connectivity index (χ1v) is 2.81. The van der Waals surface area contributed by atoms with Crippen molar-refractivity contribution in [2.45, 2.75) is 0 Å². The van der Waals surface area contributed by atoms with Gasteiger partial charge in [-0.25, -0.2) is 0 Å². The number of quaternary nitrogens is 1. The van der Waals surface area contributed by atoms with Crippen molar-refractivity contribution < 1.29 is 5.17 Å². The molecular weight excluding hydrogens is 130 g/mol. The van der Waals surface area contributed by atoms with Crippen LogP contribution in [0, 0.1) is 10.7 Å². The van der Waals surface area contributed by atoms with E-state index in [0.717, 1.165) is 0 Å². The Morgan fingerprint density at radius 3 is 2.40 bits per heavy atom. The molecular formula is C6H7N3O. The Morgan fingerprint density at radius 2 is 1.90 bits per heavy atom. The second kappa shape index (κ2) is 3.05. The van der Waals surface area contributed by atoms with Gasteiger partial charge in [0.2, 0.25) is 0 Å². The van der Waals surface area contributed by atoms with E-state index in [1.807, 2.05) is 0 Å². The van der Waals surface area contributed by atoms with Crippen molar-refractivity contribution in [2.24, 2.45) is 5.22 Å². The third-order valence-electron chi connectivity index (χ3n) is 1.12. The Labute approximate surface area is 58.1 Å². The molecule has 0 aliphatic carbocycles. The SMILES string of the molecule is N=N[NH+]([O-])c1ccccc1. The van der Waals surface area contributed by atoms with Crippen molar-refractivity contribution in [3.8, 4) is 0 Å². The molecule has 0 aliphatic heterocycles. The quantitative estimate of drug-likeness (QED) is 0.456. The van der Waals surface area contributed by atoms with Crippen LogP contribution in [0.15, 0.2) is 35.6 Å². The molecule has 0 bridgehead atoms. The lowest BCUT2D eigenvalue weighted by Gasteiger charge is -2.09. The summed E-state index contributed by atoms with van der Waals surface area (Å²) in [4.78, 5) is 0. The summed E-state index contributed by atoms with van der Waals surface area (Å²) in [6, 6.07) is 8.53. The highest BCUT2D eigenvalue weighted by Crippen LogP contribution is 1.97. The van der Waals surface area contributed by atoms with Crippen molar-refractivity contribution in [1.82, 2.24) is 0 Å². The molecule has 0 radical (unpaired) electrons. The van der Waals surface area contributed by atoms with Gasteiger partial charge < -0.3 is 5.21 Å². The van der Waals surface area contributed by atoms with Crippen molar-refractivity contribution >= 4 is 5.69 Å². The summed E-state index contributed by atoms with van der Waals surface area (Å²) in [5, 5.41) is 12.9. The third-order valence-corrected chi connectivity index (χ3v) is 1.12. The zero-order valence-electron chi connectivity index (χ0n) is 5.24. The Balaban J connectivity index is 2.84. The maximum absolute atomic E-state index is 10.7. The predicted molar refractivity (Wildman–Crippen MR) is 35.6 cm³/mol. The van der Waals surface area contributed by atoms with Gasteiger partial charge in [0, 0.05) is 17.4 Å². The summed E-state index contributed by atoms with van der Waals surface area (Å²) in [5.41, 5.74) is 6.88. The number of benzene rings is 1. The minimum atomic E-state index is -0.499. The van der Waals surface area contributed by atoms with Gasteiger partial charge in [-0.3, -0.25) is 0 Å². The molecule has 0 aromatic heterocycles. The fourth-order valence-electron chi connectivity index (χ4n) is 0.645. The monoisotopic (exact) mass is 137 g/mol. The highest BCUT2D eigenvalue weighted by molar-refractivity contribution is 5.27. The van der Waals surface area contributed by atoms with Gasteiger partial charge in [-0.15, -0.1) is 0 Å². The molecule has 4 heteroatoms. The van der Waals surface area contributed by atoms with Crippen molar-refractivity contribution in [2.75, 3.05) is 0 Å². The lowest BCUT2D eigenvalue weighted by Crippen LogP contribution is -2.96. The summed E-state index contributed by atoms with van der Waals surface area (Å²) in [6.07, 6.45) is 0. The average Bonchev–Trinajstić information content (AvgIpc) is 2.05. The second-order valence-electron chi connectivity index (χ2n) is 1.78. The Hall–Kier alpha value is -1.26. The lowest BCUT2D eigenvalue weighted by molar-refractivity contribution is -0.792. The van der Waals surface area contributed by atoms with Crippen LogP contribution in [0.25, 0.3) is 0 Å². The van der Waals surface area contributed by atoms with Crippen LogP contribution in [0.4, 0.5) is 5.69 Å². The summed E-state index contributed by atoms with van der Waals surface area (Å²) in [6.45, 7) is 0. The van der Waals surface area contributed by atoms with Crippen molar-refractivity contribution in [3.63, 3.8) is 0 Å². The molecule has 0 amide bonds. The largest absolute Gasteiger partial charge is 0.600 e. The molecule has 0 heterocycles. The molecule has 10 heavy (non-hydrogen) atoms. The number of rotatable bonds is 2. The number of hydrogen-bond acceptors (Lipinski definition) is 3. The van der Waals surface area contributed by atoms with Gasteiger partial charge in [0.25, 0.3) is 0 Å². The van der Waals surface area contributed by atoms with Crippen LogP contribution in [0.2, 0.25) is 0 Å². The normalized spacial score (nSPS) is 12.5. The van der Waals surface area contributed by atoms with Gasteiger partial charge in [0.1, 0.15) is 0 Å². The number of hydrogen-bond donors (Lipinski definition) is 2. The van der Waals surface area contributed by atoms with E-state index >= 15 is 0 Å². The Morgan fingerprint density at radius 1 is 1.30 bits per heavy atom. The van der Waals surface area contributed by atoms with E-state index in [-0.39, 0.29) is 0 Å². The molecule has 1 aromatic carbocycles. The van der Waals surface area contributed by atoms with Gasteiger partial charge >= 0.3 is 0 Å². The molecule has 1 rings (SSSR count). The molecule has 1 aromatic rings. The van der Waals surface area contributed by atoms with Crippen LogP contribution in [0.5, 0.6) is 0 Å². The van der Waals surface area contributed by atoms with Crippen molar-refractivity contribution in [3.05, 3.63) is 35.5 Å². The van der Waals surface area contributed by atoms with Gasteiger partial charge in [-0.05, 0) is 0 Å². The van der Waals surface area contributed by atoms with Gasteiger partial charge in [-0.2, -0.15) is 10.7 Å². The van der Waals surface area contributed by atoms with Crippen LogP contribution in [-0.4, -0.2) is 0 Å². The first-order chi connectivity index (χ1) is 4.84. The van der Waals surface area contributed by atoms with E-state index in [0.29, 0.717) is 5.69 Å². The maximum Gasteiger partial charge on any atom is 0.159 e. The van der Waals surface area contributed by atoms with Crippen LogP contribution in [0.1, 0.15) is 0 Å². The predicted octanol–water partition coefficient (Wildman–Crippen LogP) is 0.647. The molecule has 0 fully saturated rings. The second-order valence-corrected chi connectivity index (χ2v) is 1.78. The first-order valence-electron chi connectivity index (χ1n) is 2.81. The molecule has 1 unspecified atom stereocenters. The molecule has 0 aliphatic rings. The van der Waals surface area contributed by atoms with E-state index in [2.05, 4.69) is 5.22 Å². The molecule has 0 saturated carbocycles. The van der Waals surface area contributed by atoms with Crippen LogP contribution >= 0.6 is 0 Å². The zero-order chi connectivity index (χ0) is 7.40. The molecule has 0 spiro atoms. The minimum Gasteiger partial charge on any atom is -0.600 e. The lowest BCUT2D eigenvalue weighted by atomic mass is 10.3. The zero-order valence-corrected chi connectivity index (χ0v) is 5.24. The molecule has 0 saturated heterocycles. The summed E-state index contributed by atoms with van der Waals surface area (Å²) >= 11 is 0. The first kappa shape index (κ1) is 6.85. The molecule has 4 nitrogen and oxygen atoms in total. The van der Waals surface area contributed by atoms with E-state index in [4.69, 9.17) is 5.53 Å². The fourth-order valence-corrected chi connectivity index (χ4v) is 0.645. The van der Waals surface area contributed by atoms with E-state index < -0.39 is 5.17 Å². The van der Waals surface area contributed by atoms with Crippen LogP contribution in [-0.2, 0) is 0 Å². The molecule has 1 atom stereocenters. The third kappa shape index (κ3) is 1.37. The molecule has 52 valence electrons. The summed E-state index contributed by atoms with van der Waals surface area (Å²) < 4.78 is 0. The molecule has 2 N–H and O–H groups in total. The number of nitrogens with one attached hydrogen (secondary N) is 2. The highest BCUT2D eigenvalue weighted by atomic mass is 16.5. The van der Waals surface area contributed by atoms with E-state index in [1.54, 1.807) is 30.3 Å². The Kier molecular flexibility index (Phi) is 2.09. The smallest absolute Gasteiger partial charge is 0.159 e. The van der Waals surface area contributed by atoms with Gasteiger partial charge in [-0.1, -0.05) is 18.2 Å². The van der Waals surface area contributed by atoms with E-state index in [1.165, 1.54) is 0 Å². The standard InChI is InChI=1S/C6H7N3O/c7-8-9(10)6-4-2-1-3-5-6/h1-5,7,9H. The van der Waals surface area contributed by atoms with E-state index in [9.17, 15) is 5.21 Å². The van der Waals surface area contributed by atoms with Crippen molar-refractivity contribution in [1.29, 1.82) is 5.53 Å². The summed E-state index contributed by atoms with van der Waals surface area (Å²) in [7, 11) is 0.